The molecule has 0 aliphatic heterocycles. The van der Waals surface area contributed by atoms with Crippen molar-refractivity contribution in [1.82, 2.24) is 10.2 Å². The highest BCUT2D eigenvalue weighted by Crippen LogP contribution is 2.18. The van der Waals surface area contributed by atoms with Crippen LogP contribution in [0.3, 0.4) is 0 Å². The highest BCUT2D eigenvalue weighted by atomic mass is 16.5. The number of rotatable bonds is 5. The third-order valence-corrected chi connectivity index (χ3v) is 1.98. The van der Waals surface area contributed by atoms with Gasteiger partial charge in [0.05, 0.1) is 20.2 Å². The van der Waals surface area contributed by atoms with Crippen molar-refractivity contribution in [3.8, 4) is 0 Å². The van der Waals surface area contributed by atoms with Gasteiger partial charge < -0.3 is 10.1 Å². The predicted molar refractivity (Wildman–Crippen MR) is 50.7 cm³/mol. The minimum absolute atomic E-state index is 0.0288. The van der Waals surface area contributed by atoms with Gasteiger partial charge in [-0.05, 0) is 19.9 Å². The number of nitrogens with zero attached hydrogens (tertiary/aromatic N) is 1. The van der Waals surface area contributed by atoms with Gasteiger partial charge in [-0.1, -0.05) is 0 Å². The zero-order chi connectivity index (χ0) is 10.6. The van der Waals surface area contributed by atoms with E-state index in [0.29, 0.717) is 6.04 Å². The Morgan fingerprint density at radius 1 is 1.43 bits per heavy atom. The van der Waals surface area contributed by atoms with Crippen LogP contribution in [0.1, 0.15) is 12.8 Å². The first kappa shape index (κ1) is 11.0. The van der Waals surface area contributed by atoms with Crippen LogP contribution < -0.4 is 5.32 Å². The van der Waals surface area contributed by atoms with Gasteiger partial charge in [0, 0.05) is 6.04 Å². The van der Waals surface area contributed by atoms with Crippen LogP contribution in [-0.2, 0) is 14.3 Å². The lowest BCUT2D eigenvalue weighted by atomic mass is 10.4. The van der Waals surface area contributed by atoms with E-state index in [0.717, 1.165) is 12.8 Å². The first-order chi connectivity index (χ1) is 6.61. The lowest BCUT2D eigenvalue weighted by molar-refractivity contribution is -0.141. The molecule has 0 aromatic rings. The van der Waals surface area contributed by atoms with E-state index in [4.69, 9.17) is 0 Å². The SMILES string of the molecule is COC(=O)CN(C)CC(=O)NC1CC1. The summed E-state index contributed by atoms with van der Waals surface area (Å²) in [5.41, 5.74) is 0. The molecule has 0 unspecified atom stereocenters. The van der Waals surface area contributed by atoms with Crippen LogP contribution in [0.5, 0.6) is 0 Å². The van der Waals surface area contributed by atoms with Gasteiger partial charge in [-0.25, -0.2) is 0 Å². The smallest absolute Gasteiger partial charge is 0.319 e. The second-order valence-corrected chi connectivity index (χ2v) is 3.59. The van der Waals surface area contributed by atoms with E-state index in [2.05, 4.69) is 10.1 Å². The summed E-state index contributed by atoms with van der Waals surface area (Å²) in [7, 11) is 3.05. The number of carbonyl (C=O) groups excluding carboxylic acids is 2. The van der Waals surface area contributed by atoms with Crippen molar-refractivity contribution in [3.05, 3.63) is 0 Å². The Hall–Kier alpha value is -1.10. The fourth-order valence-electron chi connectivity index (χ4n) is 1.09. The molecule has 14 heavy (non-hydrogen) atoms. The maximum absolute atomic E-state index is 11.3. The summed E-state index contributed by atoms with van der Waals surface area (Å²) in [6.07, 6.45) is 2.15. The Morgan fingerprint density at radius 3 is 2.57 bits per heavy atom. The molecule has 0 bridgehead atoms. The molecule has 1 rings (SSSR count). The number of hydrogen-bond donors (Lipinski definition) is 1. The fourth-order valence-corrected chi connectivity index (χ4v) is 1.09. The molecular weight excluding hydrogens is 184 g/mol. The van der Waals surface area contributed by atoms with Crippen molar-refractivity contribution >= 4 is 11.9 Å². The molecule has 1 saturated carbocycles. The zero-order valence-corrected chi connectivity index (χ0v) is 8.58. The van der Waals surface area contributed by atoms with E-state index >= 15 is 0 Å². The summed E-state index contributed by atoms with van der Waals surface area (Å²) < 4.78 is 4.48. The molecule has 80 valence electrons. The van der Waals surface area contributed by atoms with E-state index in [-0.39, 0.29) is 25.0 Å². The van der Waals surface area contributed by atoms with E-state index in [9.17, 15) is 9.59 Å². The Morgan fingerprint density at radius 2 is 2.07 bits per heavy atom. The summed E-state index contributed by atoms with van der Waals surface area (Å²) in [5.74, 6) is -0.356. The van der Waals surface area contributed by atoms with Gasteiger partial charge in [0.1, 0.15) is 0 Å². The molecule has 1 amide bonds. The molecule has 0 spiro atoms. The van der Waals surface area contributed by atoms with Crippen molar-refractivity contribution in [2.75, 3.05) is 27.2 Å². The monoisotopic (exact) mass is 200 g/mol. The summed E-state index contributed by atoms with van der Waals surface area (Å²) in [4.78, 5) is 23.7. The lowest BCUT2D eigenvalue weighted by Gasteiger charge is -2.14. The lowest BCUT2D eigenvalue weighted by Crippen LogP contribution is -2.38. The van der Waals surface area contributed by atoms with Crippen molar-refractivity contribution in [1.29, 1.82) is 0 Å². The number of methoxy groups -OCH3 is 1. The maximum Gasteiger partial charge on any atom is 0.319 e. The van der Waals surface area contributed by atoms with Gasteiger partial charge in [-0.3, -0.25) is 14.5 Å². The maximum atomic E-state index is 11.3. The minimum atomic E-state index is -0.327. The number of carbonyl (C=O) groups is 2. The quantitative estimate of drug-likeness (QED) is 0.600. The van der Waals surface area contributed by atoms with Crippen LogP contribution in [0.15, 0.2) is 0 Å². The fraction of sp³-hybridized carbons (Fsp3) is 0.778. The Bertz CT molecular complexity index is 226. The second kappa shape index (κ2) is 4.95. The Kier molecular flexibility index (Phi) is 3.88. The minimum Gasteiger partial charge on any atom is -0.468 e. The van der Waals surface area contributed by atoms with Crippen molar-refractivity contribution in [2.24, 2.45) is 0 Å². The van der Waals surface area contributed by atoms with Crippen LogP contribution in [0.4, 0.5) is 0 Å². The summed E-state index contributed by atoms with van der Waals surface area (Å²) in [6, 6.07) is 0.369. The summed E-state index contributed by atoms with van der Waals surface area (Å²) in [6.45, 7) is 0.389. The molecule has 0 atom stereocenters. The predicted octanol–water partition coefficient (Wildman–Crippen LogP) is -0.630. The van der Waals surface area contributed by atoms with Gasteiger partial charge in [-0.2, -0.15) is 0 Å². The zero-order valence-electron chi connectivity index (χ0n) is 8.58. The third kappa shape index (κ3) is 4.23. The van der Waals surface area contributed by atoms with Gasteiger partial charge in [-0.15, -0.1) is 0 Å². The van der Waals surface area contributed by atoms with Crippen LogP contribution in [0.25, 0.3) is 0 Å². The highest BCUT2D eigenvalue weighted by Gasteiger charge is 2.23. The average molecular weight is 200 g/mol. The number of amides is 1. The molecule has 0 radical (unpaired) electrons. The Balaban J connectivity index is 2.14. The van der Waals surface area contributed by atoms with Gasteiger partial charge >= 0.3 is 5.97 Å². The number of likely N-dealkylation sites (N-methyl/N-ethyl adjacent to an activating group) is 1. The number of esters is 1. The first-order valence-corrected chi connectivity index (χ1v) is 4.66. The third-order valence-electron chi connectivity index (χ3n) is 1.98. The molecule has 0 heterocycles. The van der Waals surface area contributed by atoms with Crippen molar-refractivity contribution < 1.29 is 14.3 Å². The molecule has 1 aliphatic rings. The molecule has 5 heteroatoms. The molecular formula is C9H16N2O3. The standard InChI is InChI=1S/C9H16N2O3/c1-11(6-9(13)14-2)5-8(12)10-7-3-4-7/h7H,3-6H2,1-2H3,(H,10,12). The van der Waals surface area contributed by atoms with Gasteiger partial charge in [0.2, 0.25) is 5.91 Å². The number of ether oxygens (including phenoxy) is 1. The highest BCUT2D eigenvalue weighted by molar-refractivity contribution is 5.79. The van der Waals surface area contributed by atoms with Crippen LogP contribution in [-0.4, -0.2) is 50.1 Å². The second-order valence-electron chi connectivity index (χ2n) is 3.59. The molecule has 5 nitrogen and oxygen atoms in total. The van der Waals surface area contributed by atoms with Crippen LogP contribution in [0.2, 0.25) is 0 Å². The van der Waals surface area contributed by atoms with E-state index in [1.165, 1.54) is 7.11 Å². The molecule has 0 aromatic carbocycles. The molecule has 0 aromatic heterocycles. The molecule has 1 N–H and O–H groups in total. The first-order valence-electron chi connectivity index (χ1n) is 4.66. The van der Waals surface area contributed by atoms with E-state index in [1.54, 1.807) is 11.9 Å². The van der Waals surface area contributed by atoms with Crippen LogP contribution in [0, 0.1) is 0 Å². The molecule has 0 saturated heterocycles. The van der Waals surface area contributed by atoms with Crippen molar-refractivity contribution in [2.45, 2.75) is 18.9 Å². The summed E-state index contributed by atoms with van der Waals surface area (Å²) in [5, 5.41) is 2.84. The van der Waals surface area contributed by atoms with Crippen molar-refractivity contribution in [3.63, 3.8) is 0 Å². The van der Waals surface area contributed by atoms with E-state index in [1.807, 2.05) is 0 Å². The van der Waals surface area contributed by atoms with Gasteiger partial charge in [0.25, 0.3) is 0 Å². The molecule has 1 aliphatic carbocycles. The van der Waals surface area contributed by atoms with Gasteiger partial charge in [0.15, 0.2) is 0 Å². The largest absolute Gasteiger partial charge is 0.468 e. The number of nitrogens with one attached hydrogen (secondary N) is 1. The average Bonchev–Trinajstić information content (AvgIpc) is 2.87. The topological polar surface area (TPSA) is 58.6 Å². The number of hydrogen-bond acceptors (Lipinski definition) is 4. The molecule has 1 fully saturated rings. The Labute approximate surface area is 83.4 Å². The normalized spacial score (nSPS) is 15.4. The summed E-state index contributed by atoms with van der Waals surface area (Å²) >= 11 is 0. The van der Waals surface area contributed by atoms with E-state index < -0.39 is 0 Å². The van der Waals surface area contributed by atoms with Crippen LogP contribution >= 0.6 is 0 Å².